The lowest BCUT2D eigenvalue weighted by atomic mass is 10.0. The molecule has 0 unspecified atom stereocenters. The standard InChI is InChI=1S/C14H13F2NO4S2/c1-22(18,19)10-4-6-14(17-23(2,20)21)12(8-10)11-5-3-9(15)7-13(11)16/h3-8,17H,1-2H3. The summed E-state index contributed by atoms with van der Waals surface area (Å²) in [5.41, 5.74) is -0.135. The van der Waals surface area contributed by atoms with Crippen LogP contribution in [-0.2, 0) is 19.9 Å². The maximum atomic E-state index is 14.0. The second-order valence-electron chi connectivity index (χ2n) is 4.98. The van der Waals surface area contributed by atoms with Gasteiger partial charge in [0.25, 0.3) is 0 Å². The second kappa shape index (κ2) is 5.89. The fraction of sp³-hybridized carbons (Fsp3) is 0.143. The third-order valence-corrected chi connectivity index (χ3v) is 4.64. The van der Waals surface area contributed by atoms with E-state index >= 15 is 0 Å². The molecule has 0 aromatic heterocycles. The predicted molar refractivity (Wildman–Crippen MR) is 83.4 cm³/mol. The Hall–Kier alpha value is -2.00. The molecule has 0 saturated carbocycles. The molecule has 0 radical (unpaired) electrons. The van der Waals surface area contributed by atoms with Gasteiger partial charge in [0.2, 0.25) is 10.0 Å². The van der Waals surface area contributed by atoms with Crippen LogP contribution in [0.25, 0.3) is 11.1 Å². The number of hydrogen-bond donors (Lipinski definition) is 1. The highest BCUT2D eigenvalue weighted by Crippen LogP contribution is 2.33. The number of nitrogens with one attached hydrogen (secondary N) is 1. The van der Waals surface area contributed by atoms with Gasteiger partial charge in [-0.3, -0.25) is 4.72 Å². The summed E-state index contributed by atoms with van der Waals surface area (Å²) < 4.78 is 75.4. The van der Waals surface area contributed by atoms with Crippen LogP contribution in [0, 0.1) is 11.6 Å². The Morgan fingerprint density at radius 3 is 2.04 bits per heavy atom. The van der Waals surface area contributed by atoms with Crippen LogP contribution in [-0.4, -0.2) is 29.3 Å². The Morgan fingerprint density at radius 2 is 1.52 bits per heavy atom. The largest absolute Gasteiger partial charge is 0.283 e. The van der Waals surface area contributed by atoms with Crippen LogP contribution in [0.15, 0.2) is 41.3 Å². The molecule has 0 spiro atoms. The molecule has 0 aliphatic carbocycles. The van der Waals surface area contributed by atoms with E-state index in [2.05, 4.69) is 4.72 Å². The normalized spacial score (nSPS) is 12.2. The average Bonchev–Trinajstić information content (AvgIpc) is 2.36. The first-order chi connectivity index (χ1) is 10.5. The summed E-state index contributed by atoms with van der Waals surface area (Å²) >= 11 is 0. The van der Waals surface area contributed by atoms with Crippen LogP contribution in [0.2, 0.25) is 0 Å². The zero-order valence-corrected chi connectivity index (χ0v) is 13.8. The molecular formula is C14H13F2NO4S2. The first kappa shape index (κ1) is 17.4. The molecule has 0 aliphatic rings. The van der Waals surface area contributed by atoms with Crippen molar-refractivity contribution in [1.29, 1.82) is 0 Å². The summed E-state index contributed by atoms with van der Waals surface area (Å²) in [6.45, 7) is 0. The summed E-state index contributed by atoms with van der Waals surface area (Å²) in [7, 11) is -7.26. The predicted octanol–water partition coefficient (Wildman–Crippen LogP) is 2.41. The number of anilines is 1. The summed E-state index contributed by atoms with van der Waals surface area (Å²) in [5, 5.41) is 0. The van der Waals surface area contributed by atoms with Crippen molar-refractivity contribution in [2.75, 3.05) is 17.2 Å². The van der Waals surface area contributed by atoms with Gasteiger partial charge in [-0.05, 0) is 30.3 Å². The maximum Gasteiger partial charge on any atom is 0.229 e. The van der Waals surface area contributed by atoms with E-state index in [1.165, 1.54) is 12.1 Å². The van der Waals surface area contributed by atoms with Crippen molar-refractivity contribution in [3.8, 4) is 11.1 Å². The summed E-state index contributed by atoms with van der Waals surface area (Å²) in [6.07, 6.45) is 1.87. The summed E-state index contributed by atoms with van der Waals surface area (Å²) in [5.74, 6) is -1.74. The lowest BCUT2D eigenvalue weighted by Crippen LogP contribution is -2.11. The van der Waals surface area contributed by atoms with E-state index in [9.17, 15) is 25.6 Å². The number of halogens is 2. The second-order valence-corrected chi connectivity index (χ2v) is 8.74. The van der Waals surface area contributed by atoms with Crippen LogP contribution < -0.4 is 4.72 Å². The van der Waals surface area contributed by atoms with Gasteiger partial charge in [0.05, 0.1) is 16.8 Å². The van der Waals surface area contributed by atoms with Crippen molar-refractivity contribution in [1.82, 2.24) is 0 Å². The number of benzene rings is 2. The number of rotatable bonds is 4. The zero-order valence-electron chi connectivity index (χ0n) is 12.2. The fourth-order valence-electron chi connectivity index (χ4n) is 1.97. The number of sulfonamides is 1. The van der Waals surface area contributed by atoms with Gasteiger partial charge in [-0.2, -0.15) is 0 Å². The number of hydrogen-bond acceptors (Lipinski definition) is 4. The van der Waals surface area contributed by atoms with Crippen LogP contribution in [0.1, 0.15) is 0 Å². The van der Waals surface area contributed by atoms with Crippen molar-refractivity contribution in [2.24, 2.45) is 0 Å². The molecule has 0 amide bonds. The van der Waals surface area contributed by atoms with Gasteiger partial charge < -0.3 is 0 Å². The molecule has 0 atom stereocenters. The van der Waals surface area contributed by atoms with Crippen LogP contribution >= 0.6 is 0 Å². The Balaban J connectivity index is 2.75. The molecule has 1 N–H and O–H groups in total. The van der Waals surface area contributed by atoms with Crippen molar-refractivity contribution in [3.05, 3.63) is 48.0 Å². The third-order valence-electron chi connectivity index (χ3n) is 2.94. The zero-order chi connectivity index (χ0) is 17.4. The van der Waals surface area contributed by atoms with E-state index < -0.39 is 31.5 Å². The van der Waals surface area contributed by atoms with E-state index in [1.807, 2.05) is 0 Å². The van der Waals surface area contributed by atoms with E-state index in [-0.39, 0.29) is 21.7 Å². The van der Waals surface area contributed by atoms with E-state index in [0.29, 0.717) is 6.07 Å². The average molecular weight is 361 g/mol. The van der Waals surface area contributed by atoms with E-state index in [4.69, 9.17) is 0 Å². The molecule has 124 valence electrons. The van der Waals surface area contributed by atoms with Gasteiger partial charge in [0.1, 0.15) is 11.6 Å². The van der Waals surface area contributed by atoms with Gasteiger partial charge in [0.15, 0.2) is 9.84 Å². The highest BCUT2D eigenvalue weighted by molar-refractivity contribution is 7.92. The number of sulfone groups is 1. The quantitative estimate of drug-likeness (QED) is 0.907. The van der Waals surface area contributed by atoms with Crippen molar-refractivity contribution < 1.29 is 25.6 Å². The smallest absolute Gasteiger partial charge is 0.229 e. The molecule has 2 rings (SSSR count). The van der Waals surface area contributed by atoms with Gasteiger partial charge in [0, 0.05) is 23.4 Å². The Bertz CT molecular complexity index is 970. The first-order valence-electron chi connectivity index (χ1n) is 6.25. The van der Waals surface area contributed by atoms with E-state index in [1.54, 1.807) is 0 Å². The molecule has 23 heavy (non-hydrogen) atoms. The Kier molecular flexibility index (Phi) is 4.45. The molecule has 2 aromatic rings. The molecule has 5 nitrogen and oxygen atoms in total. The fourth-order valence-corrected chi connectivity index (χ4v) is 3.20. The molecule has 0 bridgehead atoms. The molecule has 0 saturated heterocycles. The molecular weight excluding hydrogens is 348 g/mol. The Labute approximate surface area is 132 Å². The third kappa shape index (κ3) is 4.26. The Morgan fingerprint density at radius 1 is 0.870 bits per heavy atom. The van der Waals surface area contributed by atoms with Crippen molar-refractivity contribution in [3.63, 3.8) is 0 Å². The van der Waals surface area contributed by atoms with Crippen molar-refractivity contribution >= 4 is 25.5 Å². The van der Waals surface area contributed by atoms with Gasteiger partial charge in [-0.15, -0.1) is 0 Å². The highest BCUT2D eigenvalue weighted by atomic mass is 32.2. The minimum atomic E-state index is -3.67. The van der Waals surface area contributed by atoms with E-state index in [0.717, 1.165) is 30.7 Å². The van der Waals surface area contributed by atoms with Gasteiger partial charge in [-0.25, -0.2) is 25.6 Å². The van der Waals surface area contributed by atoms with Crippen LogP contribution in [0.3, 0.4) is 0 Å². The lowest BCUT2D eigenvalue weighted by Gasteiger charge is -2.13. The lowest BCUT2D eigenvalue weighted by molar-refractivity contribution is 0.585. The van der Waals surface area contributed by atoms with Crippen molar-refractivity contribution in [2.45, 2.75) is 4.90 Å². The SMILES string of the molecule is CS(=O)(=O)Nc1ccc(S(C)(=O)=O)cc1-c1ccc(F)cc1F. The minimum Gasteiger partial charge on any atom is -0.283 e. The molecule has 0 fully saturated rings. The molecule has 0 heterocycles. The molecule has 2 aromatic carbocycles. The van der Waals surface area contributed by atoms with Crippen LogP contribution in [0.4, 0.5) is 14.5 Å². The minimum absolute atomic E-state index is 0.00384. The monoisotopic (exact) mass is 361 g/mol. The highest BCUT2D eigenvalue weighted by Gasteiger charge is 2.17. The summed E-state index contributed by atoms with van der Waals surface area (Å²) in [6, 6.07) is 6.30. The van der Waals surface area contributed by atoms with Crippen LogP contribution in [0.5, 0.6) is 0 Å². The molecule has 9 heteroatoms. The van der Waals surface area contributed by atoms with Gasteiger partial charge in [-0.1, -0.05) is 0 Å². The first-order valence-corrected chi connectivity index (χ1v) is 10.0. The van der Waals surface area contributed by atoms with Gasteiger partial charge >= 0.3 is 0 Å². The summed E-state index contributed by atoms with van der Waals surface area (Å²) in [4.78, 5) is -0.115. The topological polar surface area (TPSA) is 80.3 Å². The maximum absolute atomic E-state index is 14.0. The molecule has 0 aliphatic heterocycles.